The quantitative estimate of drug-likeness (QED) is 0.826. The van der Waals surface area contributed by atoms with Crippen molar-refractivity contribution in [2.24, 2.45) is 7.05 Å². The van der Waals surface area contributed by atoms with Gasteiger partial charge in [0, 0.05) is 18.8 Å². The molecule has 0 aliphatic rings. The summed E-state index contributed by atoms with van der Waals surface area (Å²) in [7, 11) is 2.01. The Labute approximate surface area is 125 Å². The molecule has 1 heterocycles. The molecule has 4 heteroatoms. The second kappa shape index (κ2) is 6.95. The fourth-order valence-electron chi connectivity index (χ4n) is 2.37. The van der Waals surface area contributed by atoms with E-state index in [0.29, 0.717) is 6.04 Å². The first-order valence-corrected chi connectivity index (χ1v) is 8.02. The summed E-state index contributed by atoms with van der Waals surface area (Å²) in [5.74, 6) is 1.01. The highest BCUT2D eigenvalue weighted by Gasteiger charge is 2.14. The number of rotatable bonds is 6. The number of nitrogens with zero attached hydrogens (tertiary/aromatic N) is 2. The lowest BCUT2D eigenvalue weighted by molar-refractivity contribution is 0.601. The molecular weight excluding hydrogens is 266 g/mol. The lowest BCUT2D eigenvalue weighted by Crippen LogP contribution is -2.23. The second-order valence-electron chi connectivity index (χ2n) is 5.03. The maximum atomic E-state index is 4.40. The average Bonchev–Trinajstić information content (AvgIpc) is 2.74. The standard InChI is InChI=1S/C16H23N3S/c1-5-17-15(14-9-7-6-8-12(14)2)11-20-16-10-13(3)18-19(16)4/h6-10,15,17H,5,11H2,1-4H3. The van der Waals surface area contributed by atoms with E-state index in [1.807, 2.05) is 30.4 Å². The highest BCUT2D eigenvalue weighted by molar-refractivity contribution is 7.99. The Morgan fingerprint density at radius 2 is 2.05 bits per heavy atom. The van der Waals surface area contributed by atoms with E-state index in [1.165, 1.54) is 16.2 Å². The minimum Gasteiger partial charge on any atom is -0.309 e. The van der Waals surface area contributed by atoms with E-state index < -0.39 is 0 Å². The molecule has 20 heavy (non-hydrogen) atoms. The van der Waals surface area contributed by atoms with Crippen LogP contribution in [0.25, 0.3) is 0 Å². The van der Waals surface area contributed by atoms with Gasteiger partial charge in [-0.15, -0.1) is 11.8 Å². The summed E-state index contributed by atoms with van der Waals surface area (Å²) in [4.78, 5) is 0. The molecule has 1 aromatic carbocycles. The van der Waals surface area contributed by atoms with Gasteiger partial charge in [-0.3, -0.25) is 4.68 Å². The van der Waals surface area contributed by atoms with Crippen molar-refractivity contribution in [1.29, 1.82) is 0 Å². The van der Waals surface area contributed by atoms with Gasteiger partial charge in [-0.1, -0.05) is 31.2 Å². The van der Waals surface area contributed by atoms with Crippen LogP contribution in [0.15, 0.2) is 35.4 Å². The lowest BCUT2D eigenvalue weighted by atomic mass is 10.0. The summed E-state index contributed by atoms with van der Waals surface area (Å²) in [5, 5.41) is 9.21. The highest BCUT2D eigenvalue weighted by atomic mass is 32.2. The molecule has 2 rings (SSSR count). The van der Waals surface area contributed by atoms with E-state index in [0.717, 1.165) is 18.0 Å². The molecule has 1 unspecified atom stereocenters. The van der Waals surface area contributed by atoms with Crippen LogP contribution in [0.2, 0.25) is 0 Å². The first-order chi connectivity index (χ1) is 9.61. The van der Waals surface area contributed by atoms with Gasteiger partial charge >= 0.3 is 0 Å². The fraction of sp³-hybridized carbons (Fsp3) is 0.438. The Kier molecular flexibility index (Phi) is 5.26. The number of hydrogen-bond acceptors (Lipinski definition) is 3. The topological polar surface area (TPSA) is 29.9 Å². The van der Waals surface area contributed by atoms with Crippen LogP contribution in [0.3, 0.4) is 0 Å². The number of hydrogen-bond donors (Lipinski definition) is 1. The third-order valence-corrected chi connectivity index (χ3v) is 4.55. The number of aryl methyl sites for hydroxylation is 3. The van der Waals surface area contributed by atoms with Crippen LogP contribution in [0.5, 0.6) is 0 Å². The van der Waals surface area contributed by atoms with E-state index in [2.05, 4.69) is 54.6 Å². The highest BCUT2D eigenvalue weighted by Crippen LogP contribution is 2.26. The van der Waals surface area contributed by atoms with Gasteiger partial charge in [-0.2, -0.15) is 5.10 Å². The van der Waals surface area contributed by atoms with E-state index in [4.69, 9.17) is 0 Å². The van der Waals surface area contributed by atoms with Crippen LogP contribution in [0, 0.1) is 13.8 Å². The molecule has 0 radical (unpaired) electrons. The van der Waals surface area contributed by atoms with Gasteiger partial charge in [0.25, 0.3) is 0 Å². The summed E-state index contributed by atoms with van der Waals surface area (Å²) in [6, 6.07) is 11.1. The largest absolute Gasteiger partial charge is 0.309 e. The Hall–Kier alpha value is -1.26. The Morgan fingerprint density at radius 1 is 1.30 bits per heavy atom. The van der Waals surface area contributed by atoms with E-state index >= 15 is 0 Å². The van der Waals surface area contributed by atoms with E-state index in [-0.39, 0.29) is 0 Å². The molecule has 0 saturated heterocycles. The first kappa shape index (κ1) is 15.1. The van der Waals surface area contributed by atoms with Gasteiger partial charge in [-0.25, -0.2) is 0 Å². The fourth-order valence-corrected chi connectivity index (χ4v) is 3.49. The van der Waals surface area contributed by atoms with Gasteiger partial charge in [0.1, 0.15) is 0 Å². The van der Waals surface area contributed by atoms with Crippen molar-refractivity contribution < 1.29 is 0 Å². The van der Waals surface area contributed by atoms with Crippen LogP contribution in [0.4, 0.5) is 0 Å². The molecule has 2 aromatic rings. The smallest absolute Gasteiger partial charge is 0.0939 e. The monoisotopic (exact) mass is 289 g/mol. The molecule has 0 bridgehead atoms. The summed E-state index contributed by atoms with van der Waals surface area (Å²) in [5.41, 5.74) is 3.81. The molecule has 0 fully saturated rings. The van der Waals surface area contributed by atoms with E-state index in [9.17, 15) is 0 Å². The Bertz CT molecular complexity index is 563. The molecule has 0 aliphatic carbocycles. The van der Waals surface area contributed by atoms with Gasteiger partial charge in [0.15, 0.2) is 0 Å². The van der Waals surface area contributed by atoms with Crippen molar-refractivity contribution in [2.45, 2.75) is 31.8 Å². The SMILES string of the molecule is CCNC(CSc1cc(C)nn1C)c1ccccc1C. The number of thioether (sulfide) groups is 1. The minimum absolute atomic E-state index is 0.376. The normalized spacial score (nSPS) is 12.6. The molecule has 1 atom stereocenters. The van der Waals surface area contributed by atoms with Crippen molar-refractivity contribution in [2.75, 3.05) is 12.3 Å². The lowest BCUT2D eigenvalue weighted by Gasteiger charge is -2.20. The van der Waals surface area contributed by atoms with Crippen LogP contribution in [-0.4, -0.2) is 22.1 Å². The van der Waals surface area contributed by atoms with Crippen LogP contribution < -0.4 is 5.32 Å². The maximum absolute atomic E-state index is 4.40. The third-order valence-electron chi connectivity index (χ3n) is 3.37. The average molecular weight is 289 g/mol. The molecule has 108 valence electrons. The van der Waals surface area contributed by atoms with Crippen molar-refractivity contribution >= 4 is 11.8 Å². The molecule has 0 spiro atoms. The first-order valence-electron chi connectivity index (χ1n) is 7.04. The van der Waals surface area contributed by atoms with Crippen molar-refractivity contribution in [3.05, 3.63) is 47.2 Å². The summed E-state index contributed by atoms with van der Waals surface area (Å²) >= 11 is 1.86. The summed E-state index contributed by atoms with van der Waals surface area (Å²) in [6.45, 7) is 7.35. The van der Waals surface area contributed by atoms with E-state index in [1.54, 1.807) is 0 Å². The number of nitrogens with one attached hydrogen (secondary N) is 1. The Morgan fingerprint density at radius 3 is 2.65 bits per heavy atom. The molecule has 1 aromatic heterocycles. The second-order valence-corrected chi connectivity index (χ2v) is 6.07. The van der Waals surface area contributed by atoms with Crippen LogP contribution in [-0.2, 0) is 7.05 Å². The Balaban J connectivity index is 2.10. The van der Waals surface area contributed by atoms with Crippen molar-refractivity contribution in [1.82, 2.24) is 15.1 Å². The molecule has 0 saturated carbocycles. The molecule has 0 aliphatic heterocycles. The minimum atomic E-state index is 0.376. The summed E-state index contributed by atoms with van der Waals surface area (Å²) in [6.07, 6.45) is 0. The summed E-state index contributed by atoms with van der Waals surface area (Å²) < 4.78 is 1.96. The number of aromatic nitrogens is 2. The van der Waals surface area contributed by atoms with Gasteiger partial charge in [0.05, 0.1) is 10.7 Å². The molecule has 1 N–H and O–H groups in total. The molecule has 0 amide bonds. The zero-order chi connectivity index (χ0) is 14.5. The maximum Gasteiger partial charge on any atom is 0.0939 e. The van der Waals surface area contributed by atoms with Crippen molar-refractivity contribution in [3.63, 3.8) is 0 Å². The van der Waals surface area contributed by atoms with Crippen molar-refractivity contribution in [3.8, 4) is 0 Å². The third kappa shape index (κ3) is 3.64. The zero-order valence-electron chi connectivity index (χ0n) is 12.7. The predicted octanol–water partition coefficient (Wildman–Crippen LogP) is 3.48. The predicted molar refractivity (Wildman–Crippen MR) is 86.3 cm³/mol. The van der Waals surface area contributed by atoms with Gasteiger partial charge in [-0.05, 0) is 37.6 Å². The number of benzene rings is 1. The molecular formula is C16H23N3S. The van der Waals surface area contributed by atoms with Gasteiger partial charge < -0.3 is 5.32 Å². The van der Waals surface area contributed by atoms with Gasteiger partial charge in [0.2, 0.25) is 0 Å². The van der Waals surface area contributed by atoms with Crippen LogP contribution in [0.1, 0.15) is 29.8 Å². The van der Waals surface area contributed by atoms with Crippen LogP contribution >= 0.6 is 11.8 Å². The zero-order valence-corrected chi connectivity index (χ0v) is 13.5. The molecule has 3 nitrogen and oxygen atoms in total.